The second-order valence-electron chi connectivity index (χ2n) is 4.43. The summed E-state index contributed by atoms with van der Waals surface area (Å²) in [4.78, 5) is 24.3. The van der Waals surface area contributed by atoms with E-state index in [2.05, 4.69) is 0 Å². The second kappa shape index (κ2) is 3.55. The predicted molar refractivity (Wildman–Crippen MR) is 59.4 cm³/mol. The first kappa shape index (κ1) is 11.6. The predicted octanol–water partition coefficient (Wildman–Crippen LogP) is 1.53. The van der Waals surface area contributed by atoms with Crippen LogP contribution in [0.25, 0.3) is 0 Å². The van der Waals surface area contributed by atoms with E-state index >= 15 is 0 Å². The smallest absolute Gasteiger partial charge is 0.304 e. The molecule has 0 spiro atoms. The molecular formula is C12H12FNO3. The third kappa shape index (κ3) is 1.58. The Labute approximate surface area is 97.7 Å². The standard InChI is InChI=1S/C12H12FNO3/c1-12(6-10(15)16)8-5-7(13)3-4-9(8)14(2)11(12)17/h3-5H,6H2,1-2H3,(H,15,16). The molecule has 1 aromatic carbocycles. The Morgan fingerprint density at radius 3 is 2.76 bits per heavy atom. The van der Waals surface area contributed by atoms with Gasteiger partial charge in [-0.1, -0.05) is 0 Å². The zero-order valence-corrected chi connectivity index (χ0v) is 9.53. The lowest BCUT2D eigenvalue weighted by Gasteiger charge is -2.20. The average molecular weight is 237 g/mol. The molecule has 0 saturated heterocycles. The summed E-state index contributed by atoms with van der Waals surface area (Å²) in [5, 5.41) is 8.87. The number of halogens is 1. The fourth-order valence-corrected chi connectivity index (χ4v) is 2.31. The molecule has 0 fully saturated rings. The summed E-state index contributed by atoms with van der Waals surface area (Å²) < 4.78 is 13.2. The van der Waals surface area contributed by atoms with Crippen molar-refractivity contribution in [2.24, 2.45) is 0 Å². The van der Waals surface area contributed by atoms with E-state index < -0.39 is 17.2 Å². The van der Waals surface area contributed by atoms with Gasteiger partial charge in [0, 0.05) is 12.7 Å². The zero-order valence-electron chi connectivity index (χ0n) is 9.53. The second-order valence-corrected chi connectivity index (χ2v) is 4.43. The molecule has 1 amide bonds. The molecular weight excluding hydrogens is 225 g/mol. The van der Waals surface area contributed by atoms with Gasteiger partial charge in [-0.15, -0.1) is 0 Å². The highest BCUT2D eigenvalue weighted by Gasteiger charge is 2.47. The normalized spacial score (nSPS) is 22.8. The van der Waals surface area contributed by atoms with Gasteiger partial charge < -0.3 is 10.0 Å². The molecule has 0 saturated carbocycles. The van der Waals surface area contributed by atoms with Crippen molar-refractivity contribution in [3.8, 4) is 0 Å². The maximum atomic E-state index is 13.2. The van der Waals surface area contributed by atoms with Gasteiger partial charge in [0.25, 0.3) is 0 Å². The number of anilines is 1. The monoisotopic (exact) mass is 237 g/mol. The summed E-state index contributed by atoms with van der Waals surface area (Å²) in [6.45, 7) is 1.53. The maximum absolute atomic E-state index is 13.2. The van der Waals surface area contributed by atoms with Gasteiger partial charge in [0.15, 0.2) is 0 Å². The van der Waals surface area contributed by atoms with Crippen LogP contribution in [-0.2, 0) is 15.0 Å². The lowest BCUT2D eigenvalue weighted by molar-refractivity contribution is -0.140. The molecule has 1 unspecified atom stereocenters. The largest absolute Gasteiger partial charge is 0.481 e. The van der Waals surface area contributed by atoms with Crippen molar-refractivity contribution in [3.63, 3.8) is 0 Å². The minimum absolute atomic E-state index is 0.319. The minimum Gasteiger partial charge on any atom is -0.481 e. The molecule has 1 N–H and O–H groups in total. The minimum atomic E-state index is -1.18. The highest BCUT2D eigenvalue weighted by Crippen LogP contribution is 2.43. The van der Waals surface area contributed by atoms with E-state index in [9.17, 15) is 14.0 Å². The summed E-state index contributed by atoms with van der Waals surface area (Å²) in [5.74, 6) is -1.87. The van der Waals surface area contributed by atoms with Crippen LogP contribution in [0.4, 0.5) is 10.1 Å². The van der Waals surface area contributed by atoms with Crippen molar-refractivity contribution in [2.75, 3.05) is 11.9 Å². The first-order valence-corrected chi connectivity index (χ1v) is 5.16. The summed E-state index contributed by atoms with van der Waals surface area (Å²) in [7, 11) is 1.56. The summed E-state index contributed by atoms with van der Waals surface area (Å²) in [6.07, 6.45) is -0.341. The van der Waals surface area contributed by atoms with Gasteiger partial charge in [0.2, 0.25) is 5.91 Å². The molecule has 1 aliphatic heterocycles. The van der Waals surface area contributed by atoms with Crippen LogP contribution in [0.5, 0.6) is 0 Å². The Hall–Kier alpha value is -1.91. The molecule has 1 aliphatic rings. The molecule has 1 atom stereocenters. The number of hydrogen-bond donors (Lipinski definition) is 1. The fourth-order valence-electron chi connectivity index (χ4n) is 2.31. The summed E-state index contributed by atoms with van der Waals surface area (Å²) in [6, 6.07) is 3.99. The van der Waals surface area contributed by atoms with Crippen LogP contribution in [0.3, 0.4) is 0 Å². The Morgan fingerprint density at radius 2 is 2.18 bits per heavy atom. The van der Waals surface area contributed by atoms with Crippen LogP contribution >= 0.6 is 0 Å². The van der Waals surface area contributed by atoms with E-state index in [1.807, 2.05) is 0 Å². The number of amides is 1. The molecule has 1 heterocycles. The Morgan fingerprint density at radius 1 is 1.53 bits per heavy atom. The average Bonchev–Trinajstić information content (AvgIpc) is 2.41. The van der Waals surface area contributed by atoms with Crippen molar-refractivity contribution >= 4 is 17.6 Å². The number of carboxylic acid groups (broad SMARTS) is 1. The van der Waals surface area contributed by atoms with E-state index in [0.717, 1.165) is 0 Å². The van der Waals surface area contributed by atoms with Gasteiger partial charge in [-0.25, -0.2) is 4.39 Å². The van der Waals surface area contributed by atoms with E-state index in [1.165, 1.54) is 30.0 Å². The number of carbonyl (C=O) groups is 2. The van der Waals surface area contributed by atoms with Gasteiger partial charge in [0.05, 0.1) is 11.8 Å². The number of hydrogen-bond acceptors (Lipinski definition) is 2. The number of carboxylic acids is 1. The lowest BCUT2D eigenvalue weighted by Crippen LogP contribution is -2.37. The SMILES string of the molecule is CN1C(=O)C(C)(CC(=O)O)c2cc(F)ccc21. The van der Waals surface area contributed by atoms with Gasteiger partial charge in [-0.05, 0) is 30.7 Å². The van der Waals surface area contributed by atoms with Crippen LogP contribution < -0.4 is 4.90 Å². The topological polar surface area (TPSA) is 57.6 Å². The molecule has 0 bridgehead atoms. The van der Waals surface area contributed by atoms with Crippen LogP contribution in [0.15, 0.2) is 18.2 Å². The molecule has 0 aliphatic carbocycles. The van der Waals surface area contributed by atoms with Crippen LogP contribution in [0.1, 0.15) is 18.9 Å². The Kier molecular flexibility index (Phi) is 2.41. The Balaban J connectivity index is 2.60. The first-order chi connectivity index (χ1) is 7.86. The van der Waals surface area contributed by atoms with E-state index in [0.29, 0.717) is 11.3 Å². The number of nitrogens with zero attached hydrogens (tertiary/aromatic N) is 1. The summed E-state index contributed by atoms with van der Waals surface area (Å²) in [5.41, 5.74) is -0.176. The molecule has 17 heavy (non-hydrogen) atoms. The van der Waals surface area contributed by atoms with Crippen molar-refractivity contribution < 1.29 is 19.1 Å². The number of benzene rings is 1. The van der Waals surface area contributed by atoms with Crippen LogP contribution in [0, 0.1) is 5.82 Å². The van der Waals surface area contributed by atoms with Gasteiger partial charge in [0.1, 0.15) is 5.82 Å². The highest BCUT2D eigenvalue weighted by atomic mass is 19.1. The summed E-state index contributed by atoms with van der Waals surface area (Å²) >= 11 is 0. The molecule has 2 rings (SSSR count). The molecule has 1 aromatic rings. The number of likely N-dealkylation sites (N-methyl/N-ethyl adjacent to an activating group) is 1. The molecule has 5 heteroatoms. The van der Waals surface area contributed by atoms with Crippen LogP contribution in [0.2, 0.25) is 0 Å². The van der Waals surface area contributed by atoms with Crippen LogP contribution in [-0.4, -0.2) is 24.0 Å². The van der Waals surface area contributed by atoms with Gasteiger partial charge in [-0.3, -0.25) is 9.59 Å². The van der Waals surface area contributed by atoms with Crippen molar-refractivity contribution in [1.82, 2.24) is 0 Å². The molecule has 90 valence electrons. The number of rotatable bonds is 2. The van der Waals surface area contributed by atoms with Crippen molar-refractivity contribution in [3.05, 3.63) is 29.6 Å². The molecule has 0 aromatic heterocycles. The number of fused-ring (bicyclic) bond motifs is 1. The van der Waals surface area contributed by atoms with Crippen molar-refractivity contribution in [2.45, 2.75) is 18.8 Å². The van der Waals surface area contributed by atoms with E-state index in [1.54, 1.807) is 7.05 Å². The molecule has 4 nitrogen and oxygen atoms in total. The van der Waals surface area contributed by atoms with Crippen molar-refractivity contribution in [1.29, 1.82) is 0 Å². The van der Waals surface area contributed by atoms with Gasteiger partial charge >= 0.3 is 5.97 Å². The quantitative estimate of drug-likeness (QED) is 0.848. The van der Waals surface area contributed by atoms with Gasteiger partial charge in [-0.2, -0.15) is 0 Å². The lowest BCUT2D eigenvalue weighted by atomic mass is 9.80. The molecule has 0 radical (unpaired) electrons. The third-order valence-electron chi connectivity index (χ3n) is 3.20. The fraction of sp³-hybridized carbons (Fsp3) is 0.333. The zero-order chi connectivity index (χ0) is 12.8. The third-order valence-corrected chi connectivity index (χ3v) is 3.20. The number of carbonyl (C=O) groups excluding carboxylic acids is 1. The Bertz CT molecular complexity index is 514. The highest BCUT2D eigenvalue weighted by molar-refractivity contribution is 6.09. The first-order valence-electron chi connectivity index (χ1n) is 5.16. The number of aliphatic carboxylic acids is 1. The van der Waals surface area contributed by atoms with E-state index in [4.69, 9.17) is 5.11 Å². The van der Waals surface area contributed by atoms with E-state index in [-0.39, 0.29) is 12.3 Å². The maximum Gasteiger partial charge on any atom is 0.304 e.